The van der Waals surface area contributed by atoms with Gasteiger partial charge in [0.25, 0.3) is 0 Å². The summed E-state index contributed by atoms with van der Waals surface area (Å²) in [6.07, 6.45) is 8.71. The van der Waals surface area contributed by atoms with Gasteiger partial charge in [-0.15, -0.1) is 0 Å². The lowest BCUT2D eigenvalue weighted by atomic mass is 10.2. The summed E-state index contributed by atoms with van der Waals surface area (Å²) < 4.78 is 2.15. The first-order chi connectivity index (χ1) is 5.79. The van der Waals surface area contributed by atoms with Crippen molar-refractivity contribution >= 4 is 0 Å². The highest BCUT2D eigenvalue weighted by Gasteiger charge is 2.15. The predicted molar refractivity (Wildman–Crippen MR) is 49.1 cm³/mol. The summed E-state index contributed by atoms with van der Waals surface area (Å²) in [7, 11) is 0. The van der Waals surface area contributed by atoms with Gasteiger partial charge >= 0.3 is 0 Å². The molecule has 1 heterocycles. The molecule has 0 aliphatic heterocycles. The van der Waals surface area contributed by atoms with Crippen LogP contribution in [0.3, 0.4) is 0 Å². The van der Waals surface area contributed by atoms with Crippen LogP contribution in [0, 0.1) is 13.8 Å². The Kier molecular flexibility index (Phi) is 1.75. The Balaban J connectivity index is 2.28. The second kappa shape index (κ2) is 2.77. The van der Waals surface area contributed by atoms with Crippen molar-refractivity contribution in [1.82, 2.24) is 9.78 Å². The van der Waals surface area contributed by atoms with Crippen LogP contribution in [0.15, 0.2) is 18.3 Å². The molecule has 0 fully saturated rings. The summed E-state index contributed by atoms with van der Waals surface area (Å²) >= 11 is 0. The maximum Gasteiger partial charge on any atom is 0.0591 e. The van der Waals surface area contributed by atoms with Crippen molar-refractivity contribution < 1.29 is 0 Å². The lowest BCUT2D eigenvalue weighted by molar-refractivity contribution is 0.470. The Morgan fingerprint density at radius 2 is 2.00 bits per heavy atom. The van der Waals surface area contributed by atoms with Gasteiger partial charge in [-0.1, -0.05) is 12.2 Å². The van der Waals surface area contributed by atoms with E-state index in [9.17, 15) is 0 Å². The van der Waals surface area contributed by atoms with E-state index >= 15 is 0 Å². The Labute approximate surface area is 72.9 Å². The highest BCUT2D eigenvalue weighted by Crippen LogP contribution is 2.24. The molecular formula is C10H14N2. The molecule has 0 aromatic carbocycles. The fourth-order valence-electron chi connectivity index (χ4n) is 1.68. The predicted octanol–water partition coefficient (Wildman–Crippen LogP) is 2.39. The maximum absolute atomic E-state index is 4.37. The van der Waals surface area contributed by atoms with Crippen LogP contribution < -0.4 is 0 Å². The van der Waals surface area contributed by atoms with Crippen molar-refractivity contribution in [2.75, 3.05) is 0 Å². The Hall–Kier alpha value is -1.05. The third-order valence-electron chi connectivity index (χ3n) is 2.62. The number of hydrogen-bond acceptors (Lipinski definition) is 1. The van der Waals surface area contributed by atoms with E-state index in [1.54, 1.807) is 0 Å². The van der Waals surface area contributed by atoms with Crippen LogP contribution in [0.5, 0.6) is 0 Å². The molecule has 2 heteroatoms. The molecule has 0 N–H and O–H groups in total. The van der Waals surface area contributed by atoms with E-state index < -0.39 is 0 Å². The van der Waals surface area contributed by atoms with E-state index in [1.807, 2.05) is 6.20 Å². The van der Waals surface area contributed by atoms with Crippen molar-refractivity contribution in [2.24, 2.45) is 0 Å². The quantitative estimate of drug-likeness (QED) is 0.580. The number of rotatable bonds is 1. The van der Waals surface area contributed by atoms with Crippen LogP contribution in [0.1, 0.15) is 30.1 Å². The van der Waals surface area contributed by atoms with Crippen LogP contribution in [0.2, 0.25) is 0 Å². The number of aromatic nitrogens is 2. The van der Waals surface area contributed by atoms with Gasteiger partial charge in [-0.2, -0.15) is 5.10 Å². The summed E-state index contributed by atoms with van der Waals surface area (Å²) in [6.45, 7) is 4.25. The largest absolute Gasteiger partial charge is 0.266 e. The van der Waals surface area contributed by atoms with E-state index in [2.05, 4.69) is 35.8 Å². The minimum atomic E-state index is 0.582. The van der Waals surface area contributed by atoms with Crippen molar-refractivity contribution in [3.05, 3.63) is 29.6 Å². The second-order valence-corrected chi connectivity index (χ2v) is 3.45. The van der Waals surface area contributed by atoms with Gasteiger partial charge in [-0.25, -0.2) is 0 Å². The van der Waals surface area contributed by atoms with Crippen molar-refractivity contribution in [1.29, 1.82) is 0 Å². The smallest absolute Gasteiger partial charge is 0.0591 e. The first kappa shape index (κ1) is 7.59. The molecule has 64 valence electrons. The summed E-state index contributed by atoms with van der Waals surface area (Å²) in [5.74, 6) is 0. The molecule has 12 heavy (non-hydrogen) atoms. The fraction of sp³-hybridized carbons (Fsp3) is 0.500. The van der Waals surface area contributed by atoms with Gasteiger partial charge in [0, 0.05) is 5.69 Å². The zero-order valence-corrected chi connectivity index (χ0v) is 7.62. The number of hydrogen-bond donors (Lipinski definition) is 0. The molecular weight excluding hydrogens is 148 g/mol. The minimum absolute atomic E-state index is 0.582. The molecule has 0 bridgehead atoms. The minimum Gasteiger partial charge on any atom is -0.266 e. The molecule has 0 saturated carbocycles. The van der Waals surface area contributed by atoms with Crippen LogP contribution in [0.4, 0.5) is 0 Å². The Bertz CT molecular complexity index is 302. The van der Waals surface area contributed by atoms with Crippen LogP contribution in [-0.4, -0.2) is 9.78 Å². The average Bonchev–Trinajstić information content (AvgIpc) is 2.64. The molecule has 2 nitrogen and oxygen atoms in total. The summed E-state index contributed by atoms with van der Waals surface area (Å²) in [4.78, 5) is 0. The molecule has 0 unspecified atom stereocenters. The first-order valence-corrected chi connectivity index (χ1v) is 4.45. The molecule has 1 aliphatic rings. The van der Waals surface area contributed by atoms with Crippen molar-refractivity contribution in [2.45, 2.75) is 32.7 Å². The molecule has 0 saturated heterocycles. The maximum atomic E-state index is 4.37. The molecule has 1 aliphatic carbocycles. The van der Waals surface area contributed by atoms with Gasteiger partial charge in [0.2, 0.25) is 0 Å². The van der Waals surface area contributed by atoms with Crippen LogP contribution in [0.25, 0.3) is 0 Å². The topological polar surface area (TPSA) is 17.8 Å². The van der Waals surface area contributed by atoms with E-state index in [0.29, 0.717) is 6.04 Å². The lowest BCUT2D eigenvalue weighted by Gasteiger charge is -2.12. The molecule has 1 aromatic rings. The summed E-state index contributed by atoms with van der Waals surface area (Å²) in [5.41, 5.74) is 2.60. The van der Waals surface area contributed by atoms with E-state index in [4.69, 9.17) is 0 Å². The van der Waals surface area contributed by atoms with E-state index in [1.165, 1.54) is 11.3 Å². The molecule has 1 aromatic heterocycles. The zero-order chi connectivity index (χ0) is 8.55. The third-order valence-corrected chi connectivity index (χ3v) is 2.62. The highest BCUT2D eigenvalue weighted by molar-refractivity contribution is 5.15. The third kappa shape index (κ3) is 1.07. The first-order valence-electron chi connectivity index (χ1n) is 4.45. The van der Waals surface area contributed by atoms with Gasteiger partial charge in [-0.3, -0.25) is 4.68 Å². The van der Waals surface area contributed by atoms with Crippen molar-refractivity contribution in [3.63, 3.8) is 0 Å². The summed E-state index contributed by atoms with van der Waals surface area (Å²) in [5, 5.41) is 4.37. The van der Waals surface area contributed by atoms with Crippen molar-refractivity contribution in [3.8, 4) is 0 Å². The number of allylic oxidation sites excluding steroid dienone is 2. The zero-order valence-electron chi connectivity index (χ0n) is 7.62. The van der Waals surface area contributed by atoms with Gasteiger partial charge in [0.05, 0.1) is 12.2 Å². The Morgan fingerprint density at radius 1 is 1.33 bits per heavy atom. The Morgan fingerprint density at radius 3 is 2.50 bits per heavy atom. The fourth-order valence-corrected chi connectivity index (χ4v) is 1.68. The number of aryl methyl sites for hydroxylation is 1. The average molecular weight is 162 g/mol. The van der Waals surface area contributed by atoms with Crippen LogP contribution in [-0.2, 0) is 0 Å². The second-order valence-electron chi connectivity index (χ2n) is 3.45. The van der Waals surface area contributed by atoms with Gasteiger partial charge < -0.3 is 0 Å². The van der Waals surface area contributed by atoms with Gasteiger partial charge in [-0.05, 0) is 32.3 Å². The standard InChI is InChI=1S/C10H14N2/c1-8-7-11-12(9(8)2)10-5-3-4-6-10/h3-4,7,10H,5-6H2,1-2H3. The van der Waals surface area contributed by atoms with E-state index in [0.717, 1.165) is 12.8 Å². The molecule has 2 rings (SSSR count). The monoisotopic (exact) mass is 162 g/mol. The van der Waals surface area contributed by atoms with Crippen LogP contribution >= 0.6 is 0 Å². The molecule has 0 radical (unpaired) electrons. The highest BCUT2D eigenvalue weighted by atomic mass is 15.3. The van der Waals surface area contributed by atoms with Gasteiger partial charge in [0.1, 0.15) is 0 Å². The normalized spacial score (nSPS) is 17.5. The molecule has 0 spiro atoms. The van der Waals surface area contributed by atoms with E-state index in [-0.39, 0.29) is 0 Å². The lowest BCUT2D eigenvalue weighted by Crippen LogP contribution is -2.08. The van der Waals surface area contributed by atoms with Gasteiger partial charge in [0.15, 0.2) is 0 Å². The number of nitrogens with zero attached hydrogens (tertiary/aromatic N) is 2. The SMILES string of the molecule is Cc1cnn(C2CC=CC2)c1C. The summed E-state index contributed by atoms with van der Waals surface area (Å²) in [6, 6.07) is 0.582. The molecule has 0 atom stereocenters. The molecule has 0 amide bonds.